The maximum absolute atomic E-state index is 2.48. The van der Waals surface area contributed by atoms with Crippen molar-refractivity contribution in [2.45, 2.75) is 0 Å². The first kappa shape index (κ1) is 14.4. The molecule has 0 fully saturated rings. The molecule has 0 aliphatic rings. The van der Waals surface area contributed by atoms with Crippen LogP contribution in [0.15, 0.2) is 36.4 Å². The van der Waals surface area contributed by atoms with Crippen LogP contribution in [0.3, 0.4) is 0 Å². The topological polar surface area (TPSA) is 0 Å². The molecule has 0 unspecified atom stereocenters. The third-order valence-corrected chi connectivity index (χ3v) is 7.22. The minimum atomic E-state index is 1.33. The molecule has 0 atom stereocenters. The zero-order valence-electron chi connectivity index (χ0n) is 9.98. The molecule has 0 aliphatic carbocycles. The monoisotopic (exact) mass is 706 g/mol. The first-order valence-electron chi connectivity index (χ1n) is 5.98. The molecule has 0 radical (unpaired) electrons. The second-order valence-corrected chi connectivity index (χ2v) is 9.40. The molecule has 0 N–H and O–H groups in total. The summed E-state index contributed by atoms with van der Waals surface area (Å²) in [6.07, 6.45) is 0. The predicted octanol–water partition coefficient (Wildman–Crippen LogP) is 7.00. The van der Waals surface area contributed by atoms with Crippen molar-refractivity contribution in [3.05, 3.63) is 50.7 Å². The van der Waals surface area contributed by atoms with Crippen molar-refractivity contribution in [2.75, 3.05) is 0 Å². The van der Waals surface area contributed by atoms with E-state index in [1.807, 2.05) is 0 Å². The second kappa shape index (κ2) is 5.19. The van der Waals surface area contributed by atoms with E-state index < -0.39 is 0 Å². The van der Waals surface area contributed by atoms with E-state index in [2.05, 4.69) is 127 Å². The Bertz CT molecular complexity index is 988. The van der Waals surface area contributed by atoms with E-state index >= 15 is 0 Å². The molecule has 98 valence electrons. The van der Waals surface area contributed by atoms with Crippen LogP contribution < -0.4 is 0 Å². The van der Waals surface area contributed by atoms with E-state index in [9.17, 15) is 0 Å². The number of halogens is 4. The Morgan fingerprint density at radius 2 is 1.20 bits per heavy atom. The van der Waals surface area contributed by atoms with Gasteiger partial charge in [0.1, 0.15) is 0 Å². The molecular weight excluding hydrogens is 700 g/mol. The van der Waals surface area contributed by atoms with Gasteiger partial charge in [-0.2, -0.15) is 0 Å². The molecule has 4 aromatic carbocycles. The van der Waals surface area contributed by atoms with Crippen LogP contribution in [0.5, 0.6) is 0 Å². The lowest BCUT2D eigenvalue weighted by Crippen LogP contribution is -1.92. The lowest BCUT2D eigenvalue weighted by atomic mass is 9.94. The van der Waals surface area contributed by atoms with Gasteiger partial charge in [0, 0.05) is 25.1 Å². The summed E-state index contributed by atoms with van der Waals surface area (Å²) in [7, 11) is 0. The maximum atomic E-state index is 2.48. The van der Waals surface area contributed by atoms with Crippen molar-refractivity contribution in [2.24, 2.45) is 0 Å². The van der Waals surface area contributed by atoms with Crippen molar-refractivity contribution in [1.29, 1.82) is 0 Å². The van der Waals surface area contributed by atoms with Gasteiger partial charge >= 0.3 is 0 Å². The largest absolute Gasteiger partial charge is 0.0537 e. The smallest absolute Gasteiger partial charge is 0.0230 e. The van der Waals surface area contributed by atoms with Gasteiger partial charge < -0.3 is 0 Å². The summed E-state index contributed by atoms with van der Waals surface area (Å²) in [4.78, 5) is 0. The second-order valence-electron chi connectivity index (χ2n) is 4.75. The first-order valence-corrected chi connectivity index (χ1v) is 10.3. The Balaban J connectivity index is 2.50. The fourth-order valence-corrected chi connectivity index (χ4v) is 7.05. The average Bonchev–Trinajstić information content (AvgIpc) is 2.41. The van der Waals surface area contributed by atoms with Crippen molar-refractivity contribution in [3.8, 4) is 0 Å². The summed E-state index contributed by atoms with van der Waals surface area (Å²) >= 11 is 9.85. The quantitative estimate of drug-likeness (QED) is 0.137. The third kappa shape index (κ3) is 1.99. The van der Waals surface area contributed by atoms with Gasteiger partial charge in [0.25, 0.3) is 0 Å². The Morgan fingerprint density at radius 1 is 0.500 bits per heavy atom. The van der Waals surface area contributed by atoms with Crippen molar-refractivity contribution in [1.82, 2.24) is 0 Å². The van der Waals surface area contributed by atoms with Gasteiger partial charge in [-0.05, 0) is 130 Å². The van der Waals surface area contributed by atoms with Crippen molar-refractivity contribution < 1.29 is 0 Å². The molecule has 4 rings (SSSR count). The fraction of sp³-hybridized carbons (Fsp3) is 0. The SMILES string of the molecule is Ic1ccc2ccc3c(I)cc(I)c4c(I)cc1c2c34. The molecule has 0 heterocycles. The minimum absolute atomic E-state index is 1.33. The van der Waals surface area contributed by atoms with E-state index in [0.717, 1.165) is 0 Å². The Kier molecular flexibility index (Phi) is 3.74. The number of benzene rings is 4. The molecule has 4 heteroatoms. The van der Waals surface area contributed by atoms with Gasteiger partial charge in [-0.1, -0.05) is 18.2 Å². The third-order valence-electron chi connectivity index (χ3n) is 3.68. The highest BCUT2D eigenvalue weighted by atomic mass is 127. The highest BCUT2D eigenvalue weighted by Gasteiger charge is 2.16. The normalized spacial score (nSPS) is 12.0. The minimum Gasteiger partial charge on any atom is -0.0537 e. The molecule has 0 nitrogen and oxygen atoms in total. The molecule has 0 saturated carbocycles. The highest BCUT2D eigenvalue weighted by molar-refractivity contribution is 14.1. The summed E-state index contributed by atoms with van der Waals surface area (Å²) in [5, 5.41) is 8.34. The number of hydrogen-bond donors (Lipinski definition) is 0. The molecule has 0 spiro atoms. The van der Waals surface area contributed by atoms with Gasteiger partial charge in [0.2, 0.25) is 0 Å². The average molecular weight is 706 g/mol. The van der Waals surface area contributed by atoms with Crippen LogP contribution in [0.25, 0.3) is 32.3 Å². The molecule has 0 aromatic heterocycles. The van der Waals surface area contributed by atoms with Crippen LogP contribution in [0.2, 0.25) is 0 Å². The van der Waals surface area contributed by atoms with Gasteiger partial charge in [0.15, 0.2) is 0 Å². The van der Waals surface area contributed by atoms with E-state index in [1.165, 1.54) is 46.6 Å². The van der Waals surface area contributed by atoms with Crippen LogP contribution >= 0.6 is 90.4 Å². The van der Waals surface area contributed by atoms with E-state index in [4.69, 9.17) is 0 Å². The molecule has 0 saturated heterocycles. The van der Waals surface area contributed by atoms with Gasteiger partial charge in [-0.3, -0.25) is 0 Å². The molecular formula is C16H6I4. The van der Waals surface area contributed by atoms with Gasteiger partial charge in [-0.25, -0.2) is 0 Å². The lowest BCUT2D eigenvalue weighted by molar-refractivity contribution is 1.67. The predicted molar refractivity (Wildman–Crippen MR) is 121 cm³/mol. The van der Waals surface area contributed by atoms with Gasteiger partial charge in [-0.15, -0.1) is 0 Å². The standard InChI is InChI=1S/C16H6I4/c17-10-4-2-7-1-3-8-11(18)6-13(20)16-12(19)5-9(10)14(7)15(8)16/h1-6H. The van der Waals surface area contributed by atoms with Crippen LogP contribution in [0.1, 0.15) is 0 Å². The molecule has 0 amide bonds. The van der Waals surface area contributed by atoms with Crippen molar-refractivity contribution >= 4 is 123 Å². The first-order chi connectivity index (χ1) is 9.58. The van der Waals surface area contributed by atoms with Crippen LogP contribution in [-0.2, 0) is 0 Å². The highest BCUT2D eigenvalue weighted by Crippen LogP contribution is 2.41. The summed E-state index contributed by atoms with van der Waals surface area (Å²) in [6, 6.07) is 13.6. The Morgan fingerprint density at radius 3 is 2.00 bits per heavy atom. The zero-order valence-corrected chi connectivity index (χ0v) is 18.6. The van der Waals surface area contributed by atoms with E-state index in [-0.39, 0.29) is 0 Å². The fourth-order valence-electron chi connectivity index (χ4n) is 2.83. The molecule has 0 bridgehead atoms. The van der Waals surface area contributed by atoms with Crippen LogP contribution in [0.4, 0.5) is 0 Å². The Hall–Kier alpha value is 0.840. The van der Waals surface area contributed by atoms with Crippen LogP contribution in [0, 0.1) is 14.3 Å². The summed E-state index contributed by atoms with van der Waals surface area (Å²) in [5.74, 6) is 0. The molecule has 20 heavy (non-hydrogen) atoms. The van der Waals surface area contributed by atoms with E-state index in [1.54, 1.807) is 0 Å². The number of rotatable bonds is 0. The maximum Gasteiger partial charge on any atom is 0.0230 e. The van der Waals surface area contributed by atoms with E-state index in [0.29, 0.717) is 0 Å². The summed E-state index contributed by atoms with van der Waals surface area (Å²) in [6.45, 7) is 0. The summed E-state index contributed by atoms with van der Waals surface area (Å²) in [5.41, 5.74) is 0. The van der Waals surface area contributed by atoms with Crippen LogP contribution in [-0.4, -0.2) is 0 Å². The summed E-state index contributed by atoms with van der Waals surface area (Å²) < 4.78 is 5.36. The van der Waals surface area contributed by atoms with Gasteiger partial charge in [0.05, 0.1) is 0 Å². The lowest BCUT2D eigenvalue weighted by Gasteiger charge is -2.15. The molecule has 4 aromatic rings. The molecule has 0 aliphatic heterocycles. The number of hydrogen-bond acceptors (Lipinski definition) is 0. The zero-order chi connectivity index (χ0) is 14.0. The van der Waals surface area contributed by atoms with Crippen molar-refractivity contribution in [3.63, 3.8) is 0 Å². The Labute approximate surface area is 171 Å².